The third-order valence-electron chi connectivity index (χ3n) is 3.00. The molecule has 3 heteroatoms. The van der Waals surface area contributed by atoms with Crippen LogP contribution < -0.4 is 0 Å². The molecular formula is C7H8Br2O. The monoisotopic (exact) mass is 266 g/mol. The molecule has 0 aromatic heterocycles. The molecule has 0 unspecified atom stereocenters. The summed E-state index contributed by atoms with van der Waals surface area (Å²) in [4.78, 5) is 0. The topological polar surface area (TPSA) is 12.5 Å². The van der Waals surface area contributed by atoms with Gasteiger partial charge in [0.1, 0.15) is 0 Å². The quantitative estimate of drug-likeness (QED) is 0.485. The van der Waals surface area contributed by atoms with Crippen LogP contribution in [0.1, 0.15) is 12.8 Å². The molecule has 56 valence electrons. The first-order chi connectivity index (χ1) is 4.71. The molecule has 1 saturated heterocycles. The highest BCUT2D eigenvalue weighted by atomic mass is 79.9. The van der Waals surface area contributed by atoms with Crippen molar-refractivity contribution in [2.24, 2.45) is 11.8 Å². The van der Waals surface area contributed by atoms with E-state index in [2.05, 4.69) is 31.9 Å². The molecule has 0 bridgehead atoms. The maximum atomic E-state index is 5.51. The molecule has 0 radical (unpaired) electrons. The third-order valence-corrected chi connectivity index (χ3v) is 5.23. The molecule has 4 atom stereocenters. The minimum atomic E-state index is 0.260. The highest BCUT2D eigenvalue weighted by molar-refractivity contribution is 9.25. The van der Waals surface area contributed by atoms with Crippen molar-refractivity contribution in [3.63, 3.8) is 0 Å². The molecule has 10 heavy (non-hydrogen) atoms. The number of halogens is 2. The fourth-order valence-electron chi connectivity index (χ4n) is 2.28. The number of alkyl halides is 2. The second-order valence-corrected chi connectivity index (χ2v) is 7.21. The lowest BCUT2D eigenvalue weighted by molar-refractivity contribution is 0.360. The Hall–Kier alpha value is 0.920. The van der Waals surface area contributed by atoms with Gasteiger partial charge in [-0.15, -0.1) is 0 Å². The predicted molar refractivity (Wildman–Crippen MR) is 45.5 cm³/mol. The van der Waals surface area contributed by atoms with E-state index in [0.29, 0.717) is 12.2 Å². The highest BCUT2D eigenvalue weighted by Crippen LogP contribution is 2.71. The van der Waals surface area contributed by atoms with Gasteiger partial charge < -0.3 is 4.74 Å². The van der Waals surface area contributed by atoms with Crippen molar-refractivity contribution in [3.8, 4) is 0 Å². The Balaban J connectivity index is 1.89. The third kappa shape index (κ3) is 0.625. The lowest BCUT2D eigenvalue weighted by Gasteiger charge is -1.99. The fraction of sp³-hybridized carbons (Fsp3) is 1.00. The van der Waals surface area contributed by atoms with Crippen LogP contribution in [-0.4, -0.2) is 15.4 Å². The normalized spacial score (nSPS) is 60.6. The van der Waals surface area contributed by atoms with Gasteiger partial charge in [-0.1, -0.05) is 31.9 Å². The molecule has 0 amide bonds. The van der Waals surface area contributed by atoms with Crippen LogP contribution in [-0.2, 0) is 4.74 Å². The summed E-state index contributed by atoms with van der Waals surface area (Å²) < 4.78 is 5.77. The lowest BCUT2D eigenvalue weighted by atomic mass is 10.0. The summed E-state index contributed by atoms with van der Waals surface area (Å²) in [5.41, 5.74) is 0. The maximum Gasteiger partial charge on any atom is 0.0895 e. The summed E-state index contributed by atoms with van der Waals surface area (Å²) in [6.45, 7) is 0. The van der Waals surface area contributed by atoms with Crippen LogP contribution in [0.5, 0.6) is 0 Å². The van der Waals surface area contributed by atoms with E-state index < -0.39 is 0 Å². The Morgan fingerprint density at radius 2 is 2.10 bits per heavy atom. The Kier molecular flexibility index (Phi) is 1.06. The lowest BCUT2D eigenvalue weighted by Crippen LogP contribution is -2.04. The summed E-state index contributed by atoms with van der Waals surface area (Å²) in [6.07, 6.45) is 3.84. The molecule has 2 saturated carbocycles. The van der Waals surface area contributed by atoms with Crippen LogP contribution in [0.3, 0.4) is 0 Å². The average molecular weight is 268 g/mol. The zero-order chi connectivity index (χ0) is 6.93. The number of rotatable bonds is 0. The van der Waals surface area contributed by atoms with E-state index in [1.807, 2.05) is 0 Å². The Labute approximate surface area is 76.8 Å². The van der Waals surface area contributed by atoms with Gasteiger partial charge in [0.2, 0.25) is 0 Å². The summed E-state index contributed by atoms with van der Waals surface area (Å²) >= 11 is 7.37. The minimum Gasteiger partial charge on any atom is -0.369 e. The molecule has 1 heterocycles. The van der Waals surface area contributed by atoms with Crippen molar-refractivity contribution in [2.75, 3.05) is 0 Å². The van der Waals surface area contributed by atoms with Crippen LogP contribution in [0.4, 0.5) is 0 Å². The highest BCUT2D eigenvalue weighted by Gasteiger charge is 2.72. The van der Waals surface area contributed by atoms with Crippen molar-refractivity contribution in [3.05, 3.63) is 0 Å². The van der Waals surface area contributed by atoms with E-state index in [1.165, 1.54) is 12.8 Å². The summed E-state index contributed by atoms with van der Waals surface area (Å²) in [6, 6.07) is 0. The molecular weight excluding hydrogens is 260 g/mol. The number of ether oxygens (including phenoxy) is 1. The molecule has 0 spiro atoms. The summed E-state index contributed by atoms with van der Waals surface area (Å²) in [5, 5.41) is 0. The molecule has 0 N–H and O–H groups in total. The number of epoxide rings is 1. The van der Waals surface area contributed by atoms with Crippen molar-refractivity contribution in [2.45, 2.75) is 28.3 Å². The molecule has 3 fully saturated rings. The van der Waals surface area contributed by atoms with Crippen LogP contribution in [0, 0.1) is 11.8 Å². The van der Waals surface area contributed by atoms with Crippen molar-refractivity contribution < 1.29 is 4.74 Å². The van der Waals surface area contributed by atoms with Crippen LogP contribution in [0.15, 0.2) is 0 Å². The predicted octanol–water partition coefficient (Wildman–Crippen LogP) is 2.28. The first-order valence-electron chi connectivity index (χ1n) is 3.74. The molecule has 1 nitrogen and oxygen atoms in total. The Morgan fingerprint density at radius 1 is 1.30 bits per heavy atom. The first kappa shape index (κ1) is 6.44. The second-order valence-electron chi connectivity index (χ2n) is 3.52. The van der Waals surface area contributed by atoms with Crippen LogP contribution in [0.25, 0.3) is 0 Å². The summed E-state index contributed by atoms with van der Waals surface area (Å²) in [5.74, 6) is 1.61. The van der Waals surface area contributed by atoms with E-state index >= 15 is 0 Å². The number of hydrogen-bond donors (Lipinski definition) is 0. The largest absolute Gasteiger partial charge is 0.369 e. The van der Waals surface area contributed by atoms with Gasteiger partial charge in [0.25, 0.3) is 0 Å². The molecule has 1 aliphatic heterocycles. The van der Waals surface area contributed by atoms with Gasteiger partial charge >= 0.3 is 0 Å². The second kappa shape index (κ2) is 1.64. The number of fused-ring (bicyclic) bond motifs is 3. The van der Waals surface area contributed by atoms with Gasteiger partial charge in [0.05, 0.1) is 15.4 Å². The van der Waals surface area contributed by atoms with E-state index in [9.17, 15) is 0 Å². The Bertz CT molecular complexity index is 192. The zero-order valence-corrected chi connectivity index (χ0v) is 8.56. The molecule has 2 aliphatic carbocycles. The Morgan fingerprint density at radius 3 is 2.80 bits per heavy atom. The van der Waals surface area contributed by atoms with Crippen molar-refractivity contribution in [1.82, 2.24) is 0 Å². The zero-order valence-electron chi connectivity index (χ0n) is 5.39. The van der Waals surface area contributed by atoms with Gasteiger partial charge in [-0.05, 0) is 18.8 Å². The summed E-state index contributed by atoms with van der Waals surface area (Å²) in [7, 11) is 0. The SMILES string of the molecule is BrC1(Br)[C@H]2[C@@H]3O[C@@H]3CC[C@H]21. The average Bonchev–Trinajstić information content (AvgIpc) is 2.68. The first-order valence-corrected chi connectivity index (χ1v) is 5.33. The van der Waals surface area contributed by atoms with Crippen LogP contribution in [0.2, 0.25) is 0 Å². The minimum absolute atomic E-state index is 0.260. The van der Waals surface area contributed by atoms with Gasteiger partial charge in [0, 0.05) is 5.92 Å². The molecule has 3 aliphatic rings. The van der Waals surface area contributed by atoms with Gasteiger partial charge in [-0.2, -0.15) is 0 Å². The van der Waals surface area contributed by atoms with Crippen molar-refractivity contribution >= 4 is 31.9 Å². The van der Waals surface area contributed by atoms with E-state index in [-0.39, 0.29) is 3.23 Å². The van der Waals surface area contributed by atoms with E-state index in [1.54, 1.807) is 0 Å². The maximum absolute atomic E-state index is 5.51. The van der Waals surface area contributed by atoms with Gasteiger partial charge in [-0.3, -0.25) is 0 Å². The smallest absolute Gasteiger partial charge is 0.0895 e. The standard InChI is InChI=1S/C7H8Br2O/c8-7(9)3-1-2-4-6(10-4)5(3)7/h3-6H,1-2H2/t3-,4-,5-,6-/m1/s1. The van der Waals surface area contributed by atoms with E-state index in [0.717, 1.165) is 11.8 Å². The van der Waals surface area contributed by atoms with E-state index in [4.69, 9.17) is 4.74 Å². The van der Waals surface area contributed by atoms with Gasteiger partial charge in [0.15, 0.2) is 0 Å². The van der Waals surface area contributed by atoms with Gasteiger partial charge in [-0.25, -0.2) is 0 Å². The molecule has 0 aromatic carbocycles. The fourth-order valence-corrected chi connectivity index (χ4v) is 4.21. The van der Waals surface area contributed by atoms with Crippen molar-refractivity contribution in [1.29, 1.82) is 0 Å². The van der Waals surface area contributed by atoms with Crippen LogP contribution >= 0.6 is 31.9 Å². The number of hydrogen-bond acceptors (Lipinski definition) is 1. The molecule has 0 aromatic rings. The molecule has 3 rings (SSSR count).